The highest BCUT2D eigenvalue weighted by Gasteiger charge is 2.19. The number of para-hydroxylation sites is 1. The lowest BCUT2D eigenvalue weighted by molar-refractivity contribution is 0.476. The van der Waals surface area contributed by atoms with Gasteiger partial charge in [-0.1, -0.05) is 52.0 Å². The minimum Gasteiger partial charge on any atom is -0.507 e. The Labute approximate surface area is 166 Å². The molecule has 0 aliphatic rings. The molecule has 0 aliphatic carbocycles. The second-order valence-electron chi connectivity index (χ2n) is 8.00. The third-order valence-corrected chi connectivity index (χ3v) is 4.96. The van der Waals surface area contributed by atoms with Gasteiger partial charge in [-0.3, -0.25) is 9.36 Å². The molecule has 0 bridgehead atoms. The van der Waals surface area contributed by atoms with Crippen LogP contribution in [-0.4, -0.2) is 14.7 Å². The fourth-order valence-electron chi connectivity index (χ4n) is 3.40. The van der Waals surface area contributed by atoms with E-state index in [2.05, 4.69) is 27.7 Å². The average Bonchev–Trinajstić information content (AvgIpc) is 2.65. The number of hydrogen-bond donors (Lipinski definition) is 1. The Hall–Kier alpha value is -2.88. The van der Waals surface area contributed by atoms with Crippen LogP contribution < -0.4 is 5.56 Å². The molecular weight excluding hydrogens is 348 g/mol. The molecule has 28 heavy (non-hydrogen) atoms. The zero-order valence-corrected chi connectivity index (χ0v) is 17.2. The van der Waals surface area contributed by atoms with Crippen molar-refractivity contribution >= 4 is 0 Å². The number of aromatic hydroxyl groups is 1. The molecule has 0 unspecified atom stereocenters. The van der Waals surface area contributed by atoms with Gasteiger partial charge in [0.1, 0.15) is 5.75 Å². The number of benzene rings is 2. The van der Waals surface area contributed by atoms with Gasteiger partial charge in [0, 0.05) is 11.3 Å². The van der Waals surface area contributed by atoms with E-state index in [9.17, 15) is 9.90 Å². The Kier molecular flexibility index (Phi) is 5.68. The molecule has 0 saturated carbocycles. The van der Waals surface area contributed by atoms with Crippen molar-refractivity contribution in [3.63, 3.8) is 0 Å². The van der Waals surface area contributed by atoms with Crippen LogP contribution in [0.1, 0.15) is 50.4 Å². The van der Waals surface area contributed by atoms with Gasteiger partial charge in [0.2, 0.25) is 0 Å². The second kappa shape index (κ2) is 8.01. The largest absolute Gasteiger partial charge is 0.507 e. The van der Waals surface area contributed by atoms with Crippen molar-refractivity contribution in [1.29, 1.82) is 0 Å². The summed E-state index contributed by atoms with van der Waals surface area (Å²) in [4.78, 5) is 18.2. The molecule has 0 spiro atoms. The van der Waals surface area contributed by atoms with Gasteiger partial charge < -0.3 is 5.11 Å². The molecule has 146 valence electrons. The molecule has 1 aromatic heterocycles. The maximum absolute atomic E-state index is 13.5. The highest BCUT2D eigenvalue weighted by Crippen LogP contribution is 2.29. The zero-order valence-electron chi connectivity index (χ0n) is 17.2. The molecule has 0 atom stereocenters. The summed E-state index contributed by atoms with van der Waals surface area (Å²) in [5, 5.41) is 10.4. The summed E-state index contributed by atoms with van der Waals surface area (Å²) < 4.78 is 1.63. The van der Waals surface area contributed by atoms with Crippen molar-refractivity contribution in [2.45, 2.75) is 47.0 Å². The van der Waals surface area contributed by atoms with Gasteiger partial charge in [-0.2, -0.15) is 0 Å². The highest BCUT2D eigenvalue weighted by molar-refractivity contribution is 5.66. The van der Waals surface area contributed by atoms with E-state index in [1.807, 2.05) is 37.3 Å². The maximum atomic E-state index is 13.5. The number of aromatic nitrogens is 2. The predicted molar refractivity (Wildman–Crippen MR) is 114 cm³/mol. The van der Waals surface area contributed by atoms with Gasteiger partial charge in [0.25, 0.3) is 5.56 Å². The quantitative estimate of drug-likeness (QED) is 0.663. The van der Waals surface area contributed by atoms with Crippen LogP contribution >= 0.6 is 0 Å². The summed E-state index contributed by atoms with van der Waals surface area (Å²) in [6.07, 6.45) is 0.669. The average molecular weight is 377 g/mol. The molecule has 3 aromatic rings. The van der Waals surface area contributed by atoms with Crippen LogP contribution in [-0.2, 0) is 6.42 Å². The molecule has 4 nitrogen and oxygen atoms in total. The molecule has 1 N–H and O–H groups in total. The molecule has 0 fully saturated rings. The van der Waals surface area contributed by atoms with E-state index in [-0.39, 0.29) is 11.3 Å². The minimum absolute atomic E-state index is 0.0725. The number of aryl methyl sites for hydroxylation is 1. The lowest BCUT2D eigenvalue weighted by Crippen LogP contribution is -2.27. The molecule has 0 aliphatic heterocycles. The number of rotatable bonds is 5. The van der Waals surface area contributed by atoms with Gasteiger partial charge in [-0.25, -0.2) is 4.98 Å². The minimum atomic E-state index is -0.0725. The summed E-state index contributed by atoms with van der Waals surface area (Å²) in [6.45, 7) is 10.3. The van der Waals surface area contributed by atoms with Crippen molar-refractivity contribution in [2.24, 2.45) is 5.92 Å². The Morgan fingerprint density at radius 2 is 1.64 bits per heavy atom. The van der Waals surface area contributed by atoms with E-state index in [0.29, 0.717) is 35.3 Å². The molecule has 0 amide bonds. The molecular formula is C24H28N2O2. The third kappa shape index (κ3) is 3.86. The first-order valence-electron chi connectivity index (χ1n) is 9.80. The first kappa shape index (κ1) is 19.9. The van der Waals surface area contributed by atoms with Gasteiger partial charge in [0.05, 0.1) is 11.3 Å². The first-order chi connectivity index (χ1) is 13.3. The molecule has 1 heterocycles. The van der Waals surface area contributed by atoms with Crippen LogP contribution in [0.4, 0.5) is 0 Å². The monoisotopic (exact) mass is 376 g/mol. The highest BCUT2D eigenvalue weighted by atomic mass is 16.3. The standard InChI is InChI=1S/C24H28N2O2/c1-15(2)14-21-17(5)25-23(20-8-6-7-9-22(20)27)26(24(21)28)19-12-10-18(11-13-19)16(3)4/h6-13,15-16,27H,14H2,1-5H3. The van der Waals surface area contributed by atoms with Crippen LogP contribution in [0.3, 0.4) is 0 Å². The van der Waals surface area contributed by atoms with E-state index in [0.717, 1.165) is 11.3 Å². The van der Waals surface area contributed by atoms with Crippen LogP contribution in [0.2, 0.25) is 0 Å². The van der Waals surface area contributed by atoms with E-state index in [1.165, 1.54) is 5.56 Å². The van der Waals surface area contributed by atoms with Crippen LogP contribution in [0.25, 0.3) is 17.1 Å². The Morgan fingerprint density at radius 1 is 1.00 bits per heavy atom. The summed E-state index contributed by atoms with van der Waals surface area (Å²) in [6, 6.07) is 15.0. The summed E-state index contributed by atoms with van der Waals surface area (Å²) in [5.41, 5.74) is 3.88. The fourth-order valence-corrected chi connectivity index (χ4v) is 3.40. The van der Waals surface area contributed by atoms with Crippen molar-refractivity contribution in [2.75, 3.05) is 0 Å². The van der Waals surface area contributed by atoms with Crippen molar-refractivity contribution in [3.05, 3.63) is 75.7 Å². The summed E-state index contributed by atoms with van der Waals surface area (Å²) in [5.74, 6) is 1.33. The first-order valence-corrected chi connectivity index (χ1v) is 9.80. The summed E-state index contributed by atoms with van der Waals surface area (Å²) in [7, 11) is 0. The van der Waals surface area contributed by atoms with Gasteiger partial charge in [-0.05, 0) is 55.0 Å². The SMILES string of the molecule is Cc1nc(-c2ccccc2O)n(-c2ccc(C(C)C)cc2)c(=O)c1CC(C)C. The molecule has 2 aromatic carbocycles. The number of phenols is 1. The number of hydrogen-bond acceptors (Lipinski definition) is 3. The maximum Gasteiger partial charge on any atom is 0.261 e. The van der Waals surface area contributed by atoms with Crippen molar-refractivity contribution < 1.29 is 5.11 Å². The van der Waals surface area contributed by atoms with E-state index in [4.69, 9.17) is 4.98 Å². The van der Waals surface area contributed by atoms with E-state index in [1.54, 1.807) is 22.8 Å². The molecule has 3 rings (SSSR count). The Bertz CT molecular complexity index is 1030. The normalized spacial score (nSPS) is 11.4. The number of phenolic OH excluding ortho intramolecular Hbond substituents is 1. The number of nitrogens with zero attached hydrogens (tertiary/aromatic N) is 2. The molecule has 4 heteroatoms. The molecule has 0 radical (unpaired) electrons. The van der Waals surface area contributed by atoms with E-state index >= 15 is 0 Å². The lowest BCUT2D eigenvalue weighted by atomic mass is 10.0. The lowest BCUT2D eigenvalue weighted by Gasteiger charge is -2.18. The smallest absolute Gasteiger partial charge is 0.261 e. The third-order valence-electron chi connectivity index (χ3n) is 4.96. The Balaban J connectivity index is 2.31. The second-order valence-corrected chi connectivity index (χ2v) is 8.00. The van der Waals surface area contributed by atoms with Crippen LogP contribution in [0.5, 0.6) is 5.75 Å². The molecule has 0 saturated heterocycles. The zero-order chi connectivity index (χ0) is 20.4. The fraction of sp³-hybridized carbons (Fsp3) is 0.333. The predicted octanol–water partition coefficient (Wildman–Crippen LogP) is 5.24. The topological polar surface area (TPSA) is 55.1 Å². The van der Waals surface area contributed by atoms with Gasteiger partial charge in [-0.15, -0.1) is 0 Å². The van der Waals surface area contributed by atoms with Crippen molar-refractivity contribution in [1.82, 2.24) is 9.55 Å². The Morgan fingerprint density at radius 3 is 2.21 bits per heavy atom. The van der Waals surface area contributed by atoms with Gasteiger partial charge in [0.15, 0.2) is 5.82 Å². The van der Waals surface area contributed by atoms with Crippen molar-refractivity contribution in [3.8, 4) is 22.8 Å². The van der Waals surface area contributed by atoms with Crippen LogP contribution in [0.15, 0.2) is 53.3 Å². The van der Waals surface area contributed by atoms with E-state index < -0.39 is 0 Å². The van der Waals surface area contributed by atoms with Gasteiger partial charge >= 0.3 is 0 Å². The van der Waals surface area contributed by atoms with Crippen LogP contribution in [0, 0.1) is 12.8 Å². The summed E-state index contributed by atoms with van der Waals surface area (Å²) >= 11 is 0.